The monoisotopic (exact) mass is 234 g/mol. The van der Waals surface area contributed by atoms with E-state index >= 15 is 0 Å². The normalized spacial score (nSPS) is 18.5. The van der Waals surface area contributed by atoms with Crippen LogP contribution in [0.15, 0.2) is 18.2 Å². The molecule has 1 aromatic rings. The van der Waals surface area contributed by atoms with E-state index in [1.54, 1.807) is 0 Å². The number of benzene rings is 1. The van der Waals surface area contributed by atoms with Crippen LogP contribution in [-0.2, 0) is 0 Å². The summed E-state index contributed by atoms with van der Waals surface area (Å²) in [6, 6.07) is 5.84. The van der Waals surface area contributed by atoms with Crippen molar-refractivity contribution in [1.82, 2.24) is 4.90 Å². The van der Waals surface area contributed by atoms with Gasteiger partial charge in [-0.15, -0.1) is 0 Å². The molecule has 0 aliphatic carbocycles. The van der Waals surface area contributed by atoms with Crippen molar-refractivity contribution in [3.05, 3.63) is 29.3 Å². The third kappa shape index (κ3) is 3.20. The Bertz CT molecular complexity index is 372. The van der Waals surface area contributed by atoms with Crippen LogP contribution in [-0.4, -0.2) is 29.6 Å². The number of nitrogens with zero attached hydrogens (tertiary/aromatic N) is 1. The second kappa shape index (κ2) is 5.52. The van der Waals surface area contributed by atoms with Crippen molar-refractivity contribution >= 4 is 5.69 Å². The highest BCUT2D eigenvalue weighted by atomic mass is 16.3. The zero-order valence-electron chi connectivity index (χ0n) is 10.5. The lowest BCUT2D eigenvalue weighted by Gasteiger charge is -2.18. The Labute approximate surface area is 103 Å². The smallest absolute Gasteiger partial charge is 0.0803 e. The first-order chi connectivity index (χ1) is 8.16. The van der Waals surface area contributed by atoms with Crippen LogP contribution in [0.1, 0.15) is 36.5 Å². The summed E-state index contributed by atoms with van der Waals surface area (Å²) in [6.07, 6.45) is 3.00. The second-order valence-electron chi connectivity index (χ2n) is 4.97. The van der Waals surface area contributed by atoms with Crippen LogP contribution in [0, 0.1) is 6.92 Å². The SMILES string of the molecule is Cc1ccc(C(O)CCN2CCCC2)cc1N. The molecule has 0 saturated carbocycles. The highest BCUT2D eigenvalue weighted by Crippen LogP contribution is 2.22. The Morgan fingerprint density at radius 1 is 1.35 bits per heavy atom. The maximum absolute atomic E-state index is 10.1. The van der Waals surface area contributed by atoms with Crippen molar-refractivity contribution < 1.29 is 5.11 Å². The minimum atomic E-state index is -0.390. The van der Waals surface area contributed by atoms with Gasteiger partial charge in [-0.2, -0.15) is 0 Å². The Hall–Kier alpha value is -1.06. The van der Waals surface area contributed by atoms with Gasteiger partial charge in [-0.05, 0) is 56.5 Å². The zero-order chi connectivity index (χ0) is 12.3. The summed E-state index contributed by atoms with van der Waals surface area (Å²) in [5.41, 5.74) is 8.63. The van der Waals surface area contributed by atoms with Gasteiger partial charge in [0.2, 0.25) is 0 Å². The number of hydrogen-bond donors (Lipinski definition) is 2. The molecule has 1 heterocycles. The molecule has 94 valence electrons. The van der Waals surface area contributed by atoms with Gasteiger partial charge in [-0.25, -0.2) is 0 Å². The topological polar surface area (TPSA) is 49.5 Å². The number of nitrogens with two attached hydrogens (primary N) is 1. The van der Waals surface area contributed by atoms with E-state index < -0.39 is 6.10 Å². The predicted octanol–water partition coefficient (Wildman–Crippen LogP) is 2.10. The fraction of sp³-hybridized carbons (Fsp3) is 0.571. The molecule has 17 heavy (non-hydrogen) atoms. The van der Waals surface area contributed by atoms with Crippen LogP contribution in [0.2, 0.25) is 0 Å². The first-order valence-corrected chi connectivity index (χ1v) is 6.43. The van der Waals surface area contributed by atoms with Crippen molar-refractivity contribution in [2.75, 3.05) is 25.4 Å². The largest absolute Gasteiger partial charge is 0.399 e. The van der Waals surface area contributed by atoms with E-state index in [-0.39, 0.29) is 0 Å². The van der Waals surface area contributed by atoms with E-state index in [1.807, 2.05) is 25.1 Å². The minimum Gasteiger partial charge on any atom is -0.399 e. The van der Waals surface area contributed by atoms with Crippen molar-refractivity contribution in [2.24, 2.45) is 0 Å². The van der Waals surface area contributed by atoms with E-state index in [0.717, 1.165) is 29.8 Å². The van der Waals surface area contributed by atoms with E-state index in [4.69, 9.17) is 5.73 Å². The Kier molecular flexibility index (Phi) is 4.02. The van der Waals surface area contributed by atoms with E-state index in [2.05, 4.69) is 4.90 Å². The molecule has 1 unspecified atom stereocenters. The Morgan fingerprint density at radius 2 is 2.06 bits per heavy atom. The third-order valence-electron chi connectivity index (χ3n) is 3.61. The maximum Gasteiger partial charge on any atom is 0.0803 e. The number of nitrogen functional groups attached to an aromatic ring is 1. The molecule has 0 amide bonds. The molecule has 3 heteroatoms. The predicted molar refractivity (Wildman–Crippen MR) is 70.8 cm³/mol. The molecule has 0 aromatic heterocycles. The van der Waals surface area contributed by atoms with Gasteiger partial charge in [0, 0.05) is 12.2 Å². The van der Waals surface area contributed by atoms with Crippen LogP contribution < -0.4 is 5.73 Å². The van der Waals surface area contributed by atoms with Crippen LogP contribution in [0.3, 0.4) is 0 Å². The van der Waals surface area contributed by atoms with Crippen molar-refractivity contribution in [1.29, 1.82) is 0 Å². The van der Waals surface area contributed by atoms with Gasteiger partial charge < -0.3 is 15.7 Å². The average molecular weight is 234 g/mol. The van der Waals surface area contributed by atoms with Gasteiger partial charge in [0.1, 0.15) is 0 Å². The number of aliphatic hydroxyl groups excluding tert-OH is 1. The van der Waals surface area contributed by atoms with Crippen molar-refractivity contribution in [3.63, 3.8) is 0 Å². The molecule has 3 N–H and O–H groups in total. The third-order valence-corrected chi connectivity index (χ3v) is 3.61. The van der Waals surface area contributed by atoms with Gasteiger partial charge in [0.15, 0.2) is 0 Å². The van der Waals surface area contributed by atoms with Crippen LogP contribution >= 0.6 is 0 Å². The molecule has 0 radical (unpaired) electrons. The molecule has 0 bridgehead atoms. The number of aliphatic hydroxyl groups is 1. The van der Waals surface area contributed by atoms with Crippen LogP contribution in [0.4, 0.5) is 5.69 Å². The number of aryl methyl sites for hydroxylation is 1. The Morgan fingerprint density at radius 3 is 2.71 bits per heavy atom. The standard InChI is InChI=1S/C14H22N2O/c1-11-4-5-12(10-13(11)15)14(17)6-9-16-7-2-3-8-16/h4-5,10,14,17H,2-3,6-9,15H2,1H3. The lowest BCUT2D eigenvalue weighted by molar-refractivity contribution is 0.149. The summed E-state index contributed by atoms with van der Waals surface area (Å²) >= 11 is 0. The lowest BCUT2D eigenvalue weighted by Crippen LogP contribution is -2.22. The van der Waals surface area contributed by atoms with E-state index in [9.17, 15) is 5.11 Å². The van der Waals surface area contributed by atoms with Crippen molar-refractivity contribution in [3.8, 4) is 0 Å². The zero-order valence-corrected chi connectivity index (χ0v) is 10.5. The molecule has 3 nitrogen and oxygen atoms in total. The van der Waals surface area contributed by atoms with E-state index in [0.29, 0.717) is 0 Å². The average Bonchev–Trinajstić information content (AvgIpc) is 2.82. The minimum absolute atomic E-state index is 0.390. The summed E-state index contributed by atoms with van der Waals surface area (Å²) in [6.45, 7) is 5.33. The first-order valence-electron chi connectivity index (χ1n) is 6.43. The number of hydrogen-bond acceptors (Lipinski definition) is 3. The first kappa shape index (κ1) is 12.4. The summed E-state index contributed by atoms with van der Waals surface area (Å²) in [7, 11) is 0. The molecule has 2 rings (SSSR count). The highest BCUT2D eigenvalue weighted by Gasteiger charge is 2.14. The molecule has 1 aliphatic rings. The molecular weight excluding hydrogens is 212 g/mol. The molecular formula is C14H22N2O. The lowest BCUT2D eigenvalue weighted by atomic mass is 10.0. The number of likely N-dealkylation sites (tertiary alicyclic amines) is 1. The summed E-state index contributed by atoms with van der Waals surface area (Å²) in [4.78, 5) is 2.42. The molecule has 1 fully saturated rings. The summed E-state index contributed by atoms with van der Waals surface area (Å²) in [5, 5.41) is 10.1. The summed E-state index contributed by atoms with van der Waals surface area (Å²) in [5.74, 6) is 0. The quantitative estimate of drug-likeness (QED) is 0.784. The molecule has 0 spiro atoms. The van der Waals surface area contributed by atoms with Crippen molar-refractivity contribution in [2.45, 2.75) is 32.3 Å². The van der Waals surface area contributed by atoms with E-state index in [1.165, 1.54) is 25.9 Å². The molecule has 1 atom stereocenters. The summed E-state index contributed by atoms with van der Waals surface area (Å²) < 4.78 is 0. The second-order valence-corrected chi connectivity index (χ2v) is 4.97. The fourth-order valence-electron chi connectivity index (χ4n) is 2.34. The van der Waals surface area contributed by atoms with Gasteiger partial charge >= 0.3 is 0 Å². The van der Waals surface area contributed by atoms with Gasteiger partial charge in [-0.3, -0.25) is 0 Å². The molecule has 1 aliphatic heterocycles. The number of anilines is 1. The highest BCUT2D eigenvalue weighted by molar-refractivity contribution is 5.48. The molecule has 1 aromatic carbocycles. The van der Waals surface area contributed by atoms with Crippen LogP contribution in [0.25, 0.3) is 0 Å². The van der Waals surface area contributed by atoms with Gasteiger partial charge in [0.05, 0.1) is 6.10 Å². The van der Waals surface area contributed by atoms with Gasteiger partial charge in [-0.1, -0.05) is 12.1 Å². The van der Waals surface area contributed by atoms with Gasteiger partial charge in [0.25, 0.3) is 0 Å². The fourth-order valence-corrected chi connectivity index (χ4v) is 2.34. The van der Waals surface area contributed by atoms with Crippen LogP contribution in [0.5, 0.6) is 0 Å². The Balaban J connectivity index is 1.89. The molecule has 1 saturated heterocycles. The maximum atomic E-state index is 10.1. The number of rotatable bonds is 4.